The minimum absolute atomic E-state index is 0.186. The molecule has 15 heavy (non-hydrogen) atoms. The molecule has 0 spiro atoms. The van der Waals surface area contributed by atoms with Crippen molar-refractivity contribution in [1.29, 1.82) is 10.5 Å². The van der Waals surface area contributed by atoms with Crippen LogP contribution in [0.3, 0.4) is 0 Å². The quantitative estimate of drug-likeness (QED) is 0.634. The Balaban J connectivity index is 2.25. The van der Waals surface area contributed by atoms with Gasteiger partial charge in [0.25, 0.3) is 0 Å². The van der Waals surface area contributed by atoms with Crippen LogP contribution in [0.15, 0.2) is 29.8 Å². The fourth-order valence-corrected chi connectivity index (χ4v) is 2.78. The molecule has 0 saturated heterocycles. The Morgan fingerprint density at radius 2 is 2.07 bits per heavy atom. The average Bonchev–Trinajstić information content (AvgIpc) is 2.86. The van der Waals surface area contributed by atoms with Crippen LogP contribution < -0.4 is 0 Å². The van der Waals surface area contributed by atoms with Gasteiger partial charge in [-0.1, -0.05) is 18.2 Å². The highest BCUT2D eigenvalue weighted by molar-refractivity contribution is 5.60. The van der Waals surface area contributed by atoms with Gasteiger partial charge in [-0.3, -0.25) is 0 Å². The lowest BCUT2D eigenvalue weighted by Gasteiger charge is -2.13. The van der Waals surface area contributed by atoms with E-state index in [1.165, 1.54) is 5.56 Å². The lowest BCUT2D eigenvalue weighted by atomic mass is 9.88. The third-order valence-corrected chi connectivity index (χ3v) is 3.38. The number of hydrogen-bond donors (Lipinski definition) is 0. The Bertz CT molecular complexity index is 555. The topological polar surface area (TPSA) is 47.6 Å². The summed E-state index contributed by atoms with van der Waals surface area (Å²) in [5.74, 6) is 0.554. The highest BCUT2D eigenvalue weighted by Crippen LogP contribution is 2.52. The van der Waals surface area contributed by atoms with Crippen molar-refractivity contribution in [3.8, 4) is 12.1 Å². The summed E-state index contributed by atoms with van der Waals surface area (Å²) < 4.78 is 0. The van der Waals surface area contributed by atoms with Crippen molar-refractivity contribution in [2.24, 2.45) is 0 Å². The van der Waals surface area contributed by atoms with E-state index in [-0.39, 0.29) is 5.92 Å². The predicted octanol–water partition coefficient (Wildman–Crippen LogP) is 2.59. The normalized spacial score (nSPS) is 25.3. The molecule has 0 heterocycles. The lowest BCUT2D eigenvalue weighted by Crippen LogP contribution is -2.00. The van der Waals surface area contributed by atoms with E-state index in [4.69, 9.17) is 10.5 Å². The van der Waals surface area contributed by atoms with Crippen LogP contribution in [-0.2, 0) is 0 Å². The molecule has 2 bridgehead atoms. The lowest BCUT2D eigenvalue weighted by molar-refractivity contribution is 0.793. The number of allylic oxidation sites excluding steroid dienone is 2. The molecule has 0 saturated carbocycles. The zero-order chi connectivity index (χ0) is 10.4. The first kappa shape index (κ1) is 8.26. The molecule has 0 radical (unpaired) electrons. The third-order valence-electron chi connectivity index (χ3n) is 3.38. The Hall–Kier alpha value is -2.06. The summed E-state index contributed by atoms with van der Waals surface area (Å²) in [6.45, 7) is 0. The first-order valence-corrected chi connectivity index (χ1v) is 5.00. The summed E-state index contributed by atoms with van der Waals surface area (Å²) in [6.07, 6.45) is 3.03. The summed E-state index contributed by atoms with van der Waals surface area (Å²) in [5.41, 5.74) is 3.93. The van der Waals surface area contributed by atoms with E-state index in [9.17, 15) is 0 Å². The summed E-state index contributed by atoms with van der Waals surface area (Å²) in [6, 6.07) is 10.3. The van der Waals surface area contributed by atoms with Crippen molar-refractivity contribution in [2.75, 3.05) is 0 Å². The number of nitrogens with zero attached hydrogens (tertiary/aromatic N) is 2. The third kappa shape index (κ3) is 0.913. The average molecular weight is 192 g/mol. The molecule has 0 aliphatic heterocycles. The van der Waals surface area contributed by atoms with E-state index < -0.39 is 0 Å². The van der Waals surface area contributed by atoms with Crippen LogP contribution in [0.5, 0.6) is 0 Å². The van der Waals surface area contributed by atoms with Crippen LogP contribution in [0.2, 0.25) is 0 Å². The maximum Gasteiger partial charge on any atom is 0.0994 e. The zero-order valence-corrected chi connectivity index (χ0v) is 8.07. The maximum absolute atomic E-state index is 9.04. The van der Waals surface area contributed by atoms with Crippen molar-refractivity contribution in [3.05, 3.63) is 46.5 Å². The summed E-state index contributed by atoms with van der Waals surface area (Å²) in [7, 11) is 0. The molecule has 0 amide bonds. The predicted molar refractivity (Wildman–Crippen MR) is 55.0 cm³/mol. The molecule has 2 aliphatic rings. The van der Waals surface area contributed by atoms with E-state index in [1.807, 2.05) is 18.2 Å². The van der Waals surface area contributed by atoms with Gasteiger partial charge in [0, 0.05) is 17.4 Å². The Labute approximate surface area is 88.1 Å². The summed E-state index contributed by atoms with van der Waals surface area (Å²) in [5, 5.41) is 18.0. The van der Waals surface area contributed by atoms with Gasteiger partial charge < -0.3 is 0 Å². The first-order valence-electron chi connectivity index (χ1n) is 5.00. The van der Waals surface area contributed by atoms with Gasteiger partial charge in [-0.05, 0) is 23.6 Å². The van der Waals surface area contributed by atoms with Gasteiger partial charge in [0.1, 0.15) is 0 Å². The maximum atomic E-state index is 9.04. The van der Waals surface area contributed by atoms with Crippen LogP contribution in [0.25, 0.3) is 0 Å². The fraction of sp³-hybridized carbons (Fsp3) is 0.231. The molecule has 0 fully saturated rings. The van der Waals surface area contributed by atoms with Crippen molar-refractivity contribution >= 4 is 0 Å². The zero-order valence-electron chi connectivity index (χ0n) is 8.07. The van der Waals surface area contributed by atoms with Gasteiger partial charge in [-0.25, -0.2) is 0 Å². The highest BCUT2D eigenvalue weighted by Gasteiger charge is 2.39. The molecule has 1 aromatic rings. The van der Waals surface area contributed by atoms with Crippen LogP contribution in [0.4, 0.5) is 0 Å². The van der Waals surface area contributed by atoms with Crippen molar-refractivity contribution < 1.29 is 0 Å². The van der Waals surface area contributed by atoms with Crippen LogP contribution >= 0.6 is 0 Å². The van der Waals surface area contributed by atoms with Gasteiger partial charge in [-0.15, -0.1) is 0 Å². The smallest absolute Gasteiger partial charge is 0.0994 e. The molecule has 3 rings (SSSR count). The van der Waals surface area contributed by atoms with Crippen molar-refractivity contribution in [2.45, 2.75) is 18.3 Å². The van der Waals surface area contributed by atoms with E-state index in [0.29, 0.717) is 5.92 Å². The molecule has 1 aromatic carbocycles. The highest BCUT2D eigenvalue weighted by atomic mass is 14.4. The standard InChI is InChI=1S/C13H8N2/c14-6-8-2-1-3-11-9-4-10(7-15)12(5-9)13(8)11/h1-4,9,12H,5H2/t9-,12+/m1/s1. The van der Waals surface area contributed by atoms with E-state index in [2.05, 4.69) is 18.2 Å². The van der Waals surface area contributed by atoms with Gasteiger partial charge in [0.15, 0.2) is 0 Å². The molecule has 0 aromatic heterocycles. The first-order chi connectivity index (χ1) is 7.35. The minimum atomic E-state index is 0.186. The van der Waals surface area contributed by atoms with Gasteiger partial charge in [0.2, 0.25) is 0 Å². The van der Waals surface area contributed by atoms with E-state index >= 15 is 0 Å². The molecule has 70 valence electrons. The van der Waals surface area contributed by atoms with Crippen LogP contribution in [0, 0.1) is 22.7 Å². The SMILES string of the molecule is N#CC1=C[C@@H]2C[C@@H]1c1c(C#N)cccc12. The molecule has 2 heteroatoms. The largest absolute Gasteiger partial charge is 0.193 e. The number of nitriles is 2. The molecular formula is C13H8N2. The summed E-state index contributed by atoms with van der Waals surface area (Å²) >= 11 is 0. The molecule has 2 atom stereocenters. The molecule has 0 N–H and O–H groups in total. The molecule has 2 nitrogen and oxygen atoms in total. The number of hydrogen-bond acceptors (Lipinski definition) is 2. The molecule has 0 unspecified atom stereocenters. The van der Waals surface area contributed by atoms with Crippen molar-refractivity contribution in [3.63, 3.8) is 0 Å². The monoisotopic (exact) mass is 192 g/mol. The van der Waals surface area contributed by atoms with Crippen LogP contribution in [-0.4, -0.2) is 0 Å². The van der Waals surface area contributed by atoms with Gasteiger partial charge in [0.05, 0.1) is 17.7 Å². The summed E-state index contributed by atoms with van der Waals surface area (Å²) in [4.78, 5) is 0. The fourth-order valence-electron chi connectivity index (χ4n) is 2.78. The minimum Gasteiger partial charge on any atom is -0.193 e. The van der Waals surface area contributed by atoms with Gasteiger partial charge in [-0.2, -0.15) is 10.5 Å². The van der Waals surface area contributed by atoms with Gasteiger partial charge >= 0.3 is 0 Å². The van der Waals surface area contributed by atoms with E-state index in [0.717, 1.165) is 23.1 Å². The van der Waals surface area contributed by atoms with Crippen molar-refractivity contribution in [1.82, 2.24) is 0 Å². The van der Waals surface area contributed by atoms with E-state index in [1.54, 1.807) is 0 Å². The Morgan fingerprint density at radius 3 is 2.80 bits per heavy atom. The van der Waals surface area contributed by atoms with Crippen LogP contribution in [0.1, 0.15) is 34.9 Å². The second-order valence-electron chi connectivity index (χ2n) is 4.05. The number of benzene rings is 1. The Morgan fingerprint density at radius 1 is 1.20 bits per heavy atom. The molecule has 2 aliphatic carbocycles. The Kier molecular flexibility index (Phi) is 1.50. The number of rotatable bonds is 0. The molecular weight excluding hydrogens is 184 g/mol. The number of fused-ring (bicyclic) bond motifs is 5. The second-order valence-corrected chi connectivity index (χ2v) is 4.05. The second kappa shape index (κ2) is 2.72.